The molecule has 0 spiro atoms. The van der Waals surface area contributed by atoms with E-state index in [0.29, 0.717) is 17.8 Å². The quantitative estimate of drug-likeness (QED) is 0.502. The second-order valence-electron chi connectivity index (χ2n) is 3.92. The van der Waals surface area contributed by atoms with Gasteiger partial charge in [0.25, 0.3) is 16.8 Å². The van der Waals surface area contributed by atoms with E-state index in [4.69, 9.17) is 0 Å². The molecule has 1 aliphatic heterocycles. The molecule has 8 heteroatoms. The predicted molar refractivity (Wildman–Crippen MR) is 76.4 cm³/mol. The number of nitrogens with zero attached hydrogens (tertiary/aromatic N) is 1. The maximum atomic E-state index is 11.4. The zero-order valence-corrected chi connectivity index (χ0v) is 11.3. The van der Waals surface area contributed by atoms with Gasteiger partial charge in [0.15, 0.2) is 0 Å². The highest BCUT2D eigenvalue weighted by Crippen LogP contribution is 2.29. The van der Waals surface area contributed by atoms with E-state index in [1.807, 2.05) is 6.92 Å². The summed E-state index contributed by atoms with van der Waals surface area (Å²) in [6, 6.07) is 4.47. The van der Waals surface area contributed by atoms with Crippen molar-refractivity contribution < 1.29 is 14.5 Å². The molecule has 2 rings (SSSR count). The highest BCUT2D eigenvalue weighted by Gasteiger charge is 2.25. The molecule has 104 valence electrons. The molecule has 1 aromatic carbocycles. The van der Waals surface area contributed by atoms with Crippen molar-refractivity contribution in [3.63, 3.8) is 0 Å². The van der Waals surface area contributed by atoms with Gasteiger partial charge in [0, 0.05) is 12.6 Å². The Kier molecular flexibility index (Phi) is 4.04. The summed E-state index contributed by atoms with van der Waals surface area (Å²) in [5.41, 5.74) is 0.953. The normalized spacial score (nSPS) is 16.4. The van der Waals surface area contributed by atoms with Gasteiger partial charge in [0.05, 0.1) is 9.83 Å². The number of rotatable bonds is 4. The molecule has 0 atom stereocenters. The smallest absolute Gasteiger partial charge is 0.292 e. The van der Waals surface area contributed by atoms with Crippen molar-refractivity contribution >= 4 is 40.4 Å². The number of nitro benzene ring substituents is 1. The van der Waals surface area contributed by atoms with Crippen molar-refractivity contribution in [2.24, 2.45) is 0 Å². The molecule has 2 N–H and O–H groups in total. The van der Waals surface area contributed by atoms with Crippen molar-refractivity contribution in [3.8, 4) is 0 Å². The maximum absolute atomic E-state index is 11.4. The summed E-state index contributed by atoms with van der Waals surface area (Å²) in [7, 11) is 0. The Morgan fingerprint density at radius 1 is 1.45 bits per heavy atom. The Balaban J connectivity index is 2.36. The summed E-state index contributed by atoms with van der Waals surface area (Å²) in [4.78, 5) is 33.2. The summed E-state index contributed by atoms with van der Waals surface area (Å²) in [6.45, 7) is 2.36. The fraction of sp³-hybridized carbons (Fsp3) is 0.167. The highest BCUT2D eigenvalue weighted by molar-refractivity contribution is 8.18. The number of hydrogen-bond acceptors (Lipinski definition) is 6. The van der Waals surface area contributed by atoms with E-state index >= 15 is 0 Å². The molecule has 1 saturated heterocycles. The third kappa shape index (κ3) is 2.97. The van der Waals surface area contributed by atoms with Crippen LogP contribution in [0.3, 0.4) is 0 Å². The Bertz CT molecular complexity index is 627. The number of benzene rings is 1. The van der Waals surface area contributed by atoms with Crippen LogP contribution in [-0.2, 0) is 4.79 Å². The Morgan fingerprint density at radius 3 is 2.75 bits per heavy atom. The van der Waals surface area contributed by atoms with Gasteiger partial charge in [-0.25, -0.2) is 0 Å². The van der Waals surface area contributed by atoms with E-state index in [1.165, 1.54) is 18.2 Å². The van der Waals surface area contributed by atoms with Crippen molar-refractivity contribution in [1.29, 1.82) is 0 Å². The number of thioether (sulfide) groups is 1. The third-order valence-electron chi connectivity index (χ3n) is 2.52. The van der Waals surface area contributed by atoms with Crippen LogP contribution >= 0.6 is 11.8 Å². The van der Waals surface area contributed by atoms with Crippen LogP contribution < -0.4 is 10.6 Å². The van der Waals surface area contributed by atoms with Crippen molar-refractivity contribution in [2.75, 3.05) is 11.9 Å². The van der Waals surface area contributed by atoms with Crippen LogP contribution in [0.2, 0.25) is 0 Å². The van der Waals surface area contributed by atoms with Crippen molar-refractivity contribution in [3.05, 3.63) is 38.8 Å². The topological polar surface area (TPSA) is 101 Å². The van der Waals surface area contributed by atoms with Crippen LogP contribution in [0.25, 0.3) is 6.08 Å². The molecule has 0 aromatic heterocycles. The third-order valence-corrected chi connectivity index (χ3v) is 3.33. The number of nitro groups is 1. The standard InChI is InChI=1S/C12H11N3O4S/c1-2-13-8-5-7(3-4-9(8)15(18)19)6-10-11(16)14-12(17)20-10/h3-6,13H,2H2,1H3,(H,14,16,17)/b10-6-. The number of nitrogens with one attached hydrogen (secondary N) is 2. The highest BCUT2D eigenvalue weighted by atomic mass is 32.2. The molecule has 0 radical (unpaired) electrons. The monoisotopic (exact) mass is 293 g/mol. The summed E-state index contributed by atoms with van der Waals surface area (Å²) in [5, 5.41) is 15.5. The fourth-order valence-corrected chi connectivity index (χ4v) is 2.39. The minimum atomic E-state index is -0.477. The van der Waals surface area contributed by atoms with Gasteiger partial charge >= 0.3 is 0 Å². The van der Waals surface area contributed by atoms with Crippen molar-refractivity contribution in [2.45, 2.75) is 6.92 Å². The molecular weight excluding hydrogens is 282 g/mol. The lowest BCUT2D eigenvalue weighted by atomic mass is 10.1. The average Bonchev–Trinajstić information content (AvgIpc) is 2.68. The second-order valence-corrected chi connectivity index (χ2v) is 4.93. The SMILES string of the molecule is CCNc1cc(/C=C2\SC(=O)NC2=O)ccc1[N+](=O)[O-]. The van der Waals surface area contributed by atoms with Gasteiger partial charge in [-0.05, 0) is 42.5 Å². The molecule has 0 bridgehead atoms. The molecule has 1 aromatic rings. The van der Waals surface area contributed by atoms with Gasteiger partial charge in [-0.15, -0.1) is 0 Å². The van der Waals surface area contributed by atoms with Crippen LogP contribution in [0, 0.1) is 10.1 Å². The lowest BCUT2D eigenvalue weighted by molar-refractivity contribution is -0.384. The molecule has 0 saturated carbocycles. The molecule has 2 amide bonds. The van der Waals surface area contributed by atoms with Gasteiger partial charge < -0.3 is 5.32 Å². The van der Waals surface area contributed by atoms with Gasteiger partial charge in [-0.3, -0.25) is 25.0 Å². The number of carbonyl (C=O) groups excluding carboxylic acids is 2. The molecule has 0 aliphatic carbocycles. The summed E-state index contributed by atoms with van der Waals surface area (Å²) >= 11 is 0.805. The minimum absolute atomic E-state index is 0.0337. The molecule has 1 fully saturated rings. The van der Waals surface area contributed by atoms with E-state index in [-0.39, 0.29) is 10.6 Å². The summed E-state index contributed by atoms with van der Waals surface area (Å²) in [6.07, 6.45) is 1.52. The molecule has 20 heavy (non-hydrogen) atoms. The lowest BCUT2D eigenvalue weighted by Gasteiger charge is -2.05. The van der Waals surface area contributed by atoms with Gasteiger partial charge in [-0.1, -0.05) is 0 Å². The Morgan fingerprint density at radius 2 is 2.20 bits per heavy atom. The fourth-order valence-electron chi connectivity index (χ4n) is 1.71. The Labute approximate surface area is 118 Å². The molecule has 1 aliphatic rings. The van der Waals surface area contributed by atoms with Crippen LogP contribution in [0.4, 0.5) is 16.2 Å². The number of imide groups is 1. The van der Waals surface area contributed by atoms with Crippen LogP contribution in [0.15, 0.2) is 23.1 Å². The first-order valence-corrected chi connectivity index (χ1v) is 6.60. The molecule has 0 unspecified atom stereocenters. The zero-order chi connectivity index (χ0) is 14.7. The first-order chi connectivity index (χ1) is 9.51. The molecule has 7 nitrogen and oxygen atoms in total. The van der Waals surface area contributed by atoms with Crippen molar-refractivity contribution in [1.82, 2.24) is 5.32 Å². The second kappa shape index (κ2) is 5.74. The van der Waals surface area contributed by atoms with Crippen LogP contribution in [0.1, 0.15) is 12.5 Å². The largest absolute Gasteiger partial charge is 0.380 e. The molecule has 1 heterocycles. The maximum Gasteiger partial charge on any atom is 0.292 e. The predicted octanol–water partition coefficient (Wildman–Crippen LogP) is 2.35. The van der Waals surface area contributed by atoms with E-state index in [9.17, 15) is 19.7 Å². The summed E-state index contributed by atoms with van der Waals surface area (Å²) in [5.74, 6) is -0.455. The first-order valence-electron chi connectivity index (χ1n) is 5.78. The van der Waals surface area contributed by atoms with E-state index < -0.39 is 16.1 Å². The number of anilines is 1. The van der Waals surface area contributed by atoms with E-state index in [1.54, 1.807) is 6.07 Å². The lowest BCUT2D eigenvalue weighted by Crippen LogP contribution is -2.17. The first kappa shape index (κ1) is 14.1. The van der Waals surface area contributed by atoms with Gasteiger partial charge in [-0.2, -0.15) is 0 Å². The van der Waals surface area contributed by atoms with E-state index in [2.05, 4.69) is 10.6 Å². The van der Waals surface area contributed by atoms with Gasteiger partial charge in [0.2, 0.25) is 0 Å². The van der Waals surface area contributed by atoms with Crippen LogP contribution in [0.5, 0.6) is 0 Å². The minimum Gasteiger partial charge on any atom is -0.380 e. The number of amides is 2. The number of carbonyl (C=O) groups is 2. The Hall–Kier alpha value is -2.35. The average molecular weight is 293 g/mol. The number of hydrogen-bond donors (Lipinski definition) is 2. The van der Waals surface area contributed by atoms with Crippen LogP contribution in [-0.4, -0.2) is 22.6 Å². The summed E-state index contributed by atoms with van der Waals surface area (Å²) < 4.78 is 0. The molecular formula is C12H11N3O4S. The zero-order valence-electron chi connectivity index (χ0n) is 10.5. The van der Waals surface area contributed by atoms with E-state index in [0.717, 1.165) is 11.8 Å². The van der Waals surface area contributed by atoms with Gasteiger partial charge in [0.1, 0.15) is 5.69 Å².